The second-order valence-corrected chi connectivity index (χ2v) is 4.89. The summed E-state index contributed by atoms with van der Waals surface area (Å²) in [6.07, 6.45) is 1.13. The lowest BCUT2D eigenvalue weighted by Gasteiger charge is -2.11. The van der Waals surface area contributed by atoms with E-state index in [1.807, 2.05) is 37.3 Å². The highest BCUT2D eigenvalue weighted by Gasteiger charge is 2.06. The fourth-order valence-electron chi connectivity index (χ4n) is 2.11. The van der Waals surface area contributed by atoms with Crippen LogP contribution in [-0.2, 0) is 6.54 Å². The number of urea groups is 1. The quantitative estimate of drug-likeness (QED) is 0.652. The lowest BCUT2D eigenvalue weighted by Crippen LogP contribution is -2.39. The van der Waals surface area contributed by atoms with Crippen molar-refractivity contribution in [1.82, 2.24) is 15.6 Å². The minimum absolute atomic E-state index is 0.265. The predicted molar refractivity (Wildman–Crippen MR) is 79.5 cm³/mol. The van der Waals surface area contributed by atoms with Gasteiger partial charge in [-0.3, -0.25) is 0 Å². The molecule has 0 spiro atoms. The Labute approximate surface area is 118 Å². The number of aliphatic hydroxyl groups is 1. The molecule has 20 heavy (non-hydrogen) atoms. The van der Waals surface area contributed by atoms with Crippen molar-refractivity contribution in [2.45, 2.75) is 32.4 Å². The zero-order valence-corrected chi connectivity index (χ0v) is 11.6. The molecule has 0 bridgehead atoms. The molecular weight excluding hydrogens is 254 g/mol. The first-order chi connectivity index (χ1) is 9.69. The van der Waals surface area contributed by atoms with E-state index in [0.29, 0.717) is 13.0 Å². The molecule has 2 aromatic rings. The van der Waals surface area contributed by atoms with Crippen molar-refractivity contribution in [1.29, 1.82) is 0 Å². The van der Waals surface area contributed by atoms with Crippen LogP contribution in [0.5, 0.6) is 0 Å². The summed E-state index contributed by atoms with van der Waals surface area (Å²) < 4.78 is 0. The second-order valence-electron chi connectivity index (χ2n) is 4.89. The molecule has 5 heteroatoms. The Kier molecular flexibility index (Phi) is 5.01. The van der Waals surface area contributed by atoms with Crippen LogP contribution in [0, 0.1) is 0 Å². The number of aromatic amines is 1. The van der Waals surface area contributed by atoms with Crippen LogP contribution in [0.3, 0.4) is 0 Å². The van der Waals surface area contributed by atoms with Gasteiger partial charge in [-0.05, 0) is 23.9 Å². The number of amides is 2. The average molecular weight is 275 g/mol. The van der Waals surface area contributed by atoms with Gasteiger partial charge in [-0.2, -0.15) is 0 Å². The molecule has 0 radical (unpaired) electrons. The van der Waals surface area contributed by atoms with Gasteiger partial charge in [0.05, 0.1) is 12.6 Å². The minimum Gasteiger partial charge on any atom is -0.391 e. The summed E-state index contributed by atoms with van der Waals surface area (Å²) in [5, 5.41) is 16.1. The number of benzene rings is 1. The number of hydrogen-bond donors (Lipinski definition) is 4. The summed E-state index contributed by atoms with van der Waals surface area (Å²) in [4.78, 5) is 14.8. The SMILES string of the molecule is CCCC(O)CNC(=O)NCc1cc2ccccc2[nH]1. The highest BCUT2D eigenvalue weighted by molar-refractivity contribution is 5.80. The van der Waals surface area contributed by atoms with Crippen LogP contribution in [-0.4, -0.2) is 28.8 Å². The van der Waals surface area contributed by atoms with Gasteiger partial charge >= 0.3 is 6.03 Å². The van der Waals surface area contributed by atoms with E-state index in [4.69, 9.17) is 0 Å². The summed E-state index contributed by atoms with van der Waals surface area (Å²) in [6, 6.07) is 9.73. The zero-order chi connectivity index (χ0) is 14.4. The van der Waals surface area contributed by atoms with E-state index in [1.165, 1.54) is 0 Å². The number of rotatable bonds is 6. The number of nitrogens with one attached hydrogen (secondary N) is 3. The third kappa shape index (κ3) is 3.99. The van der Waals surface area contributed by atoms with E-state index < -0.39 is 6.10 Å². The highest BCUT2D eigenvalue weighted by Crippen LogP contribution is 2.14. The van der Waals surface area contributed by atoms with E-state index in [1.54, 1.807) is 0 Å². The van der Waals surface area contributed by atoms with E-state index in [0.717, 1.165) is 23.0 Å². The lowest BCUT2D eigenvalue weighted by molar-refractivity contribution is 0.160. The zero-order valence-electron chi connectivity index (χ0n) is 11.6. The normalized spacial score (nSPS) is 12.3. The maximum atomic E-state index is 11.6. The molecule has 2 amide bonds. The maximum absolute atomic E-state index is 11.6. The summed E-state index contributed by atoms with van der Waals surface area (Å²) in [6.45, 7) is 2.72. The van der Waals surface area contributed by atoms with Crippen LogP contribution in [0.15, 0.2) is 30.3 Å². The molecule has 0 aliphatic rings. The van der Waals surface area contributed by atoms with Gasteiger partial charge in [-0.15, -0.1) is 0 Å². The number of carbonyl (C=O) groups is 1. The van der Waals surface area contributed by atoms with Crippen molar-refractivity contribution >= 4 is 16.9 Å². The number of fused-ring (bicyclic) bond motifs is 1. The van der Waals surface area contributed by atoms with Gasteiger partial charge in [0.25, 0.3) is 0 Å². The highest BCUT2D eigenvalue weighted by atomic mass is 16.3. The van der Waals surface area contributed by atoms with Crippen LogP contribution in [0.4, 0.5) is 4.79 Å². The number of H-pyrrole nitrogens is 1. The molecule has 1 aromatic heterocycles. The Morgan fingerprint density at radius 2 is 2.15 bits per heavy atom. The smallest absolute Gasteiger partial charge is 0.315 e. The molecule has 1 atom stereocenters. The van der Waals surface area contributed by atoms with Crippen molar-refractivity contribution in [2.75, 3.05) is 6.54 Å². The molecule has 5 nitrogen and oxygen atoms in total. The van der Waals surface area contributed by atoms with Crippen molar-refractivity contribution in [3.05, 3.63) is 36.0 Å². The van der Waals surface area contributed by atoms with Gasteiger partial charge in [0.2, 0.25) is 0 Å². The lowest BCUT2D eigenvalue weighted by atomic mass is 10.2. The first-order valence-electron chi connectivity index (χ1n) is 6.95. The van der Waals surface area contributed by atoms with Gasteiger partial charge in [0.15, 0.2) is 0 Å². The minimum atomic E-state index is -0.473. The summed E-state index contributed by atoms with van der Waals surface area (Å²) in [5.74, 6) is 0. The van der Waals surface area contributed by atoms with Crippen molar-refractivity contribution in [3.63, 3.8) is 0 Å². The van der Waals surface area contributed by atoms with Crippen LogP contribution >= 0.6 is 0 Å². The number of aliphatic hydroxyl groups excluding tert-OH is 1. The van der Waals surface area contributed by atoms with Gasteiger partial charge in [-0.25, -0.2) is 4.79 Å². The van der Waals surface area contributed by atoms with E-state index in [2.05, 4.69) is 15.6 Å². The largest absolute Gasteiger partial charge is 0.391 e. The third-order valence-corrected chi connectivity index (χ3v) is 3.15. The van der Waals surface area contributed by atoms with Crippen LogP contribution in [0.2, 0.25) is 0 Å². The summed E-state index contributed by atoms with van der Waals surface area (Å²) >= 11 is 0. The van der Waals surface area contributed by atoms with Crippen LogP contribution in [0.1, 0.15) is 25.5 Å². The molecule has 4 N–H and O–H groups in total. The molecule has 0 fully saturated rings. The number of carbonyl (C=O) groups excluding carboxylic acids is 1. The summed E-state index contributed by atoms with van der Waals surface area (Å²) in [5.41, 5.74) is 2.01. The molecule has 1 heterocycles. The molecule has 1 unspecified atom stereocenters. The van der Waals surface area contributed by atoms with Gasteiger partial charge in [-0.1, -0.05) is 31.5 Å². The Morgan fingerprint density at radius 1 is 1.35 bits per heavy atom. The van der Waals surface area contributed by atoms with E-state index in [9.17, 15) is 9.90 Å². The Bertz CT molecular complexity index is 532. The fraction of sp³-hybridized carbons (Fsp3) is 0.400. The van der Waals surface area contributed by atoms with Crippen molar-refractivity contribution < 1.29 is 9.90 Å². The third-order valence-electron chi connectivity index (χ3n) is 3.15. The first kappa shape index (κ1) is 14.4. The Hall–Kier alpha value is -2.01. The van der Waals surface area contributed by atoms with Gasteiger partial charge in [0, 0.05) is 17.8 Å². The fourth-order valence-corrected chi connectivity index (χ4v) is 2.11. The van der Waals surface area contributed by atoms with Gasteiger partial charge in [0.1, 0.15) is 0 Å². The topological polar surface area (TPSA) is 77.2 Å². The molecule has 2 rings (SSSR count). The van der Waals surface area contributed by atoms with Crippen molar-refractivity contribution in [3.8, 4) is 0 Å². The van der Waals surface area contributed by atoms with Crippen LogP contribution < -0.4 is 10.6 Å². The van der Waals surface area contributed by atoms with E-state index in [-0.39, 0.29) is 12.6 Å². The Morgan fingerprint density at radius 3 is 2.90 bits per heavy atom. The molecular formula is C15H21N3O2. The number of aromatic nitrogens is 1. The van der Waals surface area contributed by atoms with E-state index >= 15 is 0 Å². The predicted octanol–water partition coefficient (Wildman–Crippen LogP) is 2.13. The molecule has 0 aliphatic heterocycles. The number of hydrogen-bond acceptors (Lipinski definition) is 2. The molecule has 0 aliphatic carbocycles. The van der Waals surface area contributed by atoms with Crippen molar-refractivity contribution in [2.24, 2.45) is 0 Å². The Balaban J connectivity index is 1.78. The molecule has 1 aromatic carbocycles. The van der Waals surface area contributed by atoms with Gasteiger partial charge < -0.3 is 20.7 Å². The molecule has 108 valence electrons. The van der Waals surface area contributed by atoms with Crippen LogP contribution in [0.25, 0.3) is 10.9 Å². The molecule has 0 saturated carbocycles. The second kappa shape index (κ2) is 6.96. The summed E-state index contributed by atoms with van der Waals surface area (Å²) in [7, 11) is 0. The first-order valence-corrected chi connectivity index (χ1v) is 6.95. The maximum Gasteiger partial charge on any atom is 0.315 e. The molecule has 0 saturated heterocycles. The standard InChI is InChI=1S/C15H21N3O2/c1-2-5-13(19)10-17-15(20)16-9-12-8-11-6-3-4-7-14(11)18-12/h3-4,6-8,13,18-19H,2,5,9-10H2,1H3,(H2,16,17,20). The average Bonchev–Trinajstić information content (AvgIpc) is 2.86. The number of para-hydroxylation sites is 1. The monoisotopic (exact) mass is 275 g/mol.